The number of halogens is 1. The van der Waals surface area contributed by atoms with Gasteiger partial charge in [-0.05, 0) is 77.7 Å². The second-order valence-corrected chi connectivity index (χ2v) is 7.55. The second kappa shape index (κ2) is 5.69. The van der Waals surface area contributed by atoms with Crippen LogP contribution in [0, 0.1) is 20.8 Å². The summed E-state index contributed by atoms with van der Waals surface area (Å²) in [5.41, 5.74) is 9.05. The molecule has 2 aromatic carbocycles. The van der Waals surface area contributed by atoms with Gasteiger partial charge in [0.15, 0.2) is 0 Å². The molecule has 6 heteroatoms. The van der Waals surface area contributed by atoms with Crippen molar-refractivity contribution in [1.29, 1.82) is 0 Å². The van der Waals surface area contributed by atoms with E-state index in [0.29, 0.717) is 27.0 Å². The van der Waals surface area contributed by atoms with E-state index in [0.717, 1.165) is 5.56 Å². The maximum atomic E-state index is 12.6. The number of rotatable bonds is 3. The van der Waals surface area contributed by atoms with Crippen molar-refractivity contribution < 1.29 is 8.42 Å². The van der Waals surface area contributed by atoms with Crippen molar-refractivity contribution in [2.45, 2.75) is 25.7 Å². The van der Waals surface area contributed by atoms with Crippen LogP contribution in [-0.2, 0) is 10.0 Å². The summed E-state index contributed by atoms with van der Waals surface area (Å²) in [4.78, 5) is 0.269. The van der Waals surface area contributed by atoms with Crippen molar-refractivity contribution in [3.05, 3.63) is 51.5 Å². The number of sulfonamides is 1. The average Bonchev–Trinajstić information content (AvgIpc) is 2.31. The Bertz CT molecular complexity index is 778. The normalized spacial score (nSPS) is 11.4. The van der Waals surface area contributed by atoms with E-state index in [1.807, 2.05) is 19.1 Å². The Morgan fingerprint density at radius 2 is 1.62 bits per heavy atom. The number of aryl methyl sites for hydroxylation is 3. The van der Waals surface area contributed by atoms with E-state index in [4.69, 9.17) is 5.73 Å². The SMILES string of the molecule is Cc1ccc(Br)c(NS(=O)(=O)c2c(C)cc(N)cc2C)c1. The van der Waals surface area contributed by atoms with E-state index in [1.54, 1.807) is 32.0 Å². The van der Waals surface area contributed by atoms with Gasteiger partial charge in [0.2, 0.25) is 0 Å². The summed E-state index contributed by atoms with van der Waals surface area (Å²) in [6.45, 7) is 5.39. The molecule has 0 spiro atoms. The number of nitrogen functional groups attached to an aromatic ring is 1. The van der Waals surface area contributed by atoms with Crippen molar-refractivity contribution in [2.24, 2.45) is 0 Å². The van der Waals surface area contributed by atoms with Crippen LogP contribution in [-0.4, -0.2) is 8.42 Å². The van der Waals surface area contributed by atoms with Crippen molar-refractivity contribution in [2.75, 3.05) is 10.5 Å². The lowest BCUT2D eigenvalue weighted by atomic mass is 10.1. The van der Waals surface area contributed by atoms with Gasteiger partial charge in [-0.2, -0.15) is 0 Å². The number of benzene rings is 2. The molecule has 0 aliphatic rings. The minimum atomic E-state index is -3.67. The number of hydrogen-bond donors (Lipinski definition) is 2. The van der Waals surface area contributed by atoms with Crippen LogP contribution in [0.2, 0.25) is 0 Å². The molecular formula is C15H17BrN2O2S. The van der Waals surface area contributed by atoms with Gasteiger partial charge in [-0.25, -0.2) is 8.42 Å². The largest absolute Gasteiger partial charge is 0.399 e. The molecule has 0 unspecified atom stereocenters. The molecule has 21 heavy (non-hydrogen) atoms. The molecule has 0 heterocycles. The predicted octanol–water partition coefficient (Wildman–Crippen LogP) is 3.76. The summed E-state index contributed by atoms with van der Waals surface area (Å²) in [5, 5.41) is 0. The summed E-state index contributed by atoms with van der Waals surface area (Å²) >= 11 is 3.36. The highest BCUT2D eigenvalue weighted by Gasteiger charge is 2.21. The van der Waals surface area contributed by atoms with Gasteiger partial charge >= 0.3 is 0 Å². The van der Waals surface area contributed by atoms with Crippen LogP contribution < -0.4 is 10.5 Å². The van der Waals surface area contributed by atoms with Crippen LogP contribution >= 0.6 is 15.9 Å². The van der Waals surface area contributed by atoms with E-state index in [9.17, 15) is 8.42 Å². The third kappa shape index (κ3) is 3.39. The zero-order chi connectivity index (χ0) is 15.8. The lowest BCUT2D eigenvalue weighted by molar-refractivity contribution is 0.600. The smallest absolute Gasteiger partial charge is 0.262 e. The molecule has 0 saturated carbocycles. The van der Waals surface area contributed by atoms with Crippen molar-refractivity contribution >= 4 is 37.3 Å². The molecule has 0 aromatic heterocycles. The molecule has 0 aliphatic carbocycles. The molecule has 112 valence electrons. The minimum Gasteiger partial charge on any atom is -0.399 e. The first-order valence-electron chi connectivity index (χ1n) is 6.36. The summed E-state index contributed by atoms with van der Waals surface area (Å²) in [6, 6.07) is 8.82. The molecular weight excluding hydrogens is 352 g/mol. The van der Waals surface area contributed by atoms with Gasteiger partial charge in [0.1, 0.15) is 0 Å². The maximum absolute atomic E-state index is 12.6. The minimum absolute atomic E-state index is 0.269. The Morgan fingerprint density at radius 3 is 2.19 bits per heavy atom. The summed E-state index contributed by atoms with van der Waals surface area (Å²) in [5.74, 6) is 0. The van der Waals surface area contributed by atoms with Crippen LogP contribution in [0.1, 0.15) is 16.7 Å². The topological polar surface area (TPSA) is 72.2 Å². The van der Waals surface area contributed by atoms with E-state index in [1.165, 1.54) is 0 Å². The number of hydrogen-bond acceptors (Lipinski definition) is 3. The first-order chi connectivity index (χ1) is 9.70. The quantitative estimate of drug-likeness (QED) is 0.810. The zero-order valence-electron chi connectivity index (χ0n) is 12.1. The summed E-state index contributed by atoms with van der Waals surface area (Å²) in [7, 11) is -3.67. The van der Waals surface area contributed by atoms with E-state index in [-0.39, 0.29) is 4.90 Å². The van der Waals surface area contributed by atoms with Gasteiger partial charge in [0, 0.05) is 10.2 Å². The molecule has 2 aromatic rings. The molecule has 0 saturated heterocycles. The van der Waals surface area contributed by atoms with Gasteiger partial charge in [-0.15, -0.1) is 0 Å². The third-order valence-electron chi connectivity index (χ3n) is 3.12. The molecule has 0 amide bonds. The van der Waals surface area contributed by atoms with Crippen molar-refractivity contribution in [3.8, 4) is 0 Å². The Kier molecular flexibility index (Phi) is 4.30. The highest BCUT2D eigenvalue weighted by Crippen LogP contribution is 2.29. The van der Waals surface area contributed by atoms with Crippen LogP contribution in [0.3, 0.4) is 0 Å². The first kappa shape index (κ1) is 15.9. The van der Waals surface area contributed by atoms with Gasteiger partial charge in [-0.1, -0.05) is 6.07 Å². The summed E-state index contributed by atoms with van der Waals surface area (Å²) < 4.78 is 28.6. The lowest BCUT2D eigenvalue weighted by Crippen LogP contribution is -2.16. The number of nitrogens with one attached hydrogen (secondary N) is 1. The highest BCUT2D eigenvalue weighted by molar-refractivity contribution is 9.10. The lowest BCUT2D eigenvalue weighted by Gasteiger charge is -2.15. The van der Waals surface area contributed by atoms with E-state index < -0.39 is 10.0 Å². The highest BCUT2D eigenvalue weighted by atomic mass is 79.9. The molecule has 2 rings (SSSR count). The Morgan fingerprint density at radius 1 is 1.05 bits per heavy atom. The zero-order valence-corrected chi connectivity index (χ0v) is 14.5. The summed E-state index contributed by atoms with van der Waals surface area (Å²) in [6.07, 6.45) is 0. The molecule has 0 fully saturated rings. The van der Waals surface area contributed by atoms with Gasteiger partial charge in [0.25, 0.3) is 10.0 Å². The monoisotopic (exact) mass is 368 g/mol. The second-order valence-electron chi connectivity index (χ2n) is 5.07. The van der Waals surface area contributed by atoms with Crippen LogP contribution in [0.5, 0.6) is 0 Å². The first-order valence-corrected chi connectivity index (χ1v) is 8.64. The Labute approximate surface area is 133 Å². The third-order valence-corrected chi connectivity index (χ3v) is 5.48. The van der Waals surface area contributed by atoms with E-state index in [2.05, 4.69) is 20.7 Å². The fourth-order valence-corrected chi connectivity index (χ4v) is 4.32. The fourth-order valence-electron chi connectivity index (χ4n) is 2.32. The molecule has 3 N–H and O–H groups in total. The molecule has 0 radical (unpaired) electrons. The van der Waals surface area contributed by atoms with Gasteiger partial charge in [0.05, 0.1) is 10.6 Å². The fraction of sp³-hybridized carbons (Fsp3) is 0.200. The average molecular weight is 369 g/mol. The number of nitrogens with two attached hydrogens (primary N) is 1. The van der Waals surface area contributed by atoms with Crippen LogP contribution in [0.15, 0.2) is 39.7 Å². The standard InChI is InChI=1S/C15H17BrN2O2S/c1-9-4-5-13(16)14(6-9)18-21(19,20)15-10(2)7-12(17)8-11(15)3/h4-8,18H,17H2,1-3H3. The van der Waals surface area contributed by atoms with Crippen LogP contribution in [0.4, 0.5) is 11.4 Å². The molecule has 0 atom stereocenters. The van der Waals surface area contributed by atoms with E-state index >= 15 is 0 Å². The molecule has 4 nitrogen and oxygen atoms in total. The molecule has 0 bridgehead atoms. The Balaban J connectivity index is 2.51. The maximum Gasteiger partial charge on any atom is 0.262 e. The molecule has 0 aliphatic heterocycles. The van der Waals surface area contributed by atoms with Gasteiger partial charge in [-0.3, -0.25) is 4.72 Å². The predicted molar refractivity (Wildman–Crippen MR) is 90.0 cm³/mol. The van der Waals surface area contributed by atoms with Crippen molar-refractivity contribution in [1.82, 2.24) is 0 Å². The van der Waals surface area contributed by atoms with Gasteiger partial charge < -0.3 is 5.73 Å². The van der Waals surface area contributed by atoms with Crippen molar-refractivity contribution in [3.63, 3.8) is 0 Å². The number of anilines is 2. The van der Waals surface area contributed by atoms with Crippen LogP contribution in [0.25, 0.3) is 0 Å². The Hall–Kier alpha value is -1.53.